The largest absolute Gasteiger partial charge is 0.479 e. The summed E-state index contributed by atoms with van der Waals surface area (Å²) in [6, 6.07) is 6.89. The number of carboxylic acids is 1. The fourth-order valence-electron chi connectivity index (χ4n) is 4.22. The SMILES string of the molecule is CCC(=O)C1(c2cccc(O[C@@H]3O[C@H](C(=O)O)[C@@H](O)[C@H](O)[C@H]3O)c2)CCN(C)CC1. The topological polar surface area (TPSA) is 137 Å². The number of aliphatic hydroxyl groups excluding tert-OH is 3. The molecule has 2 heterocycles. The normalized spacial score (nSPS) is 31.8. The number of carbonyl (C=O) groups is 2. The summed E-state index contributed by atoms with van der Waals surface area (Å²) in [6.45, 7) is 3.41. The number of hydrogen-bond donors (Lipinski definition) is 4. The van der Waals surface area contributed by atoms with Crippen molar-refractivity contribution in [3.63, 3.8) is 0 Å². The summed E-state index contributed by atoms with van der Waals surface area (Å²) in [5.74, 6) is -1.06. The maximum atomic E-state index is 12.9. The predicted molar refractivity (Wildman–Crippen MR) is 105 cm³/mol. The Kier molecular flexibility index (Phi) is 6.78. The smallest absolute Gasteiger partial charge is 0.335 e. The van der Waals surface area contributed by atoms with E-state index in [0.717, 1.165) is 18.7 Å². The number of ether oxygens (including phenoxy) is 2. The lowest BCUT2D eigenvalue weighted by Gasteiger charge is -2.40. The van der Waals surface area contributed by atoms with E-state index in [0.29, 0.717) is 19.3 Å². The van der Waals surface area contributed by atoms with Crippen LogP contribution in [0.15, 0.2) is 24.3 Å². The second-order valence-corrected chi connectivity index (χ2v) is 8.04. The van der Waals surface area contributed by atoms with Gasteiger partial charge in [0, 0.05) is 6.42 Å². The second kappa shape index (κ2) is 8.99. The van der Waals surface area contributed by atoms with E-state index in [1.807, 2.05) is 20.0 Å². The number of ketones is 1. The molecule has 0 radical (unpaired) electrons. The molecular weight excluding hydrogens is 394 g/mol. The Labute approximate surface area is 174 Å². The van der Waals surface area contributed by atoms with Gasteiger partial charge in [-0.25, -0.2) is 4.79 Å². The molecule has 0 amide bonds. The van der Waals surface area contributed by atoms with Gasteiger partial charge in [-0.15, -0.1) is 0 Å². The molecule has 0 unspecified atom stereocenters. The van der Waals surface area contributed by atoms with E-state index in [1.165, 1.54) is 0 Å². The molecule has 166 valence electrons. The van der Waals surface area contributed by atoms with Crippen LogP contribution in [0.3, 0.4) is 0 Å². The number of aliphatic hydroxyl groups is 3. The van der Waals surface area contributed by atoms with Crippen molar-refractivity contribution in [1.82, 2.24) is 4.90 Å². The molecule has 9 nitrogen and oxygen atoms in total. The number of hydrogen-bond acceptors (Lipinski definition) is 8. The molecule has 0 aromatic heterocycles. The van der Waals surface area contributed by atoms with Crippen LogP contribution >= 0.6 is 0 Å². The fourth-order valence-corrected chi connectivity index (χ4v) is 4.22. The number of likely N-dealkylation sites (tertiary alicyclic amines) is 1. The first-order chi connectivity index (χ1) is 14.2. The Morgan fingerprint density at radius 3 is 2.43 bits per heavy atom. The average molecular weight is 423 g/mol. The van der Waals surface area contributed by atoms with Gasteiger partial charge in [0.15, 0.2) is 6.10 Å². The quantitative estimate of drug-likeness (QED) is 0.494. The molecule has 0 spiro atoms. The number of piperidine rings is 1. The summed E-state index contributed by atoms with van der Waals surface area (Å²) < 4.78 is 10.8. The van der Waals surface area contributed by atoms with Gasteiger partial charge in [0.25, 0.3) is 0 Å². The maximum absolute atomic E-state index is 12.9. The molecule has 0 saturated carbocycles. The van der Waals surface area contributed by atoms with Crippen molar-refractivity contribution < 1.29 is 39.5 Å². The van der Waals surface area contributed by atoms with Gasteiger partial charge in [-0.2, -0.15) is 0 Å². The zero-order valence-corrected chi connectivity index (χ0v) is 17.1. The van der Waals surface area contributed by atoms with Crippen LogP contribution in [0.1, 0.15) is 31.7 Å². The highest BCUT2D eigenvalue weighted by molar-refractivity contribution is 5.90. The van der Waals surface area contributed by atoms with Crippen molar-refractivity contribution >= 4 is 11.8 Å². The van der Waals surface area contributed by atoms with E-state index in [-0.39, 0.29) is 11.5 Å². The first-order valence-electron chi connectivity index (χ1n) is 10.1. The Morgan fingerprint density at radius 2 is 1.83 bits per heavy atom. The van der Waals surface area contributed by atoms with Crippen molar-refractivity contribution in [3.8, 4) is 5.75 Å². The lowest BCUT2D eigenvalue weighted by Crippen LogP contribution is -2.61. The molecule has 2 fully saturated rings. The van der Waals surface area contributed by atoms with Crippen LogP contribution in [-0.2, 0) is 19.7 Å². The summed E-state index contributed by atoms with van der Waals surface area (Å²) in [6.07, 6.45) is -6.64. The Bertz CT molecular complexity index is 776. The van der Waals surface area contributed by atoms with Crippen LogP contribution in [0, 0.1) is 0 Å². The van der Waals surface area contributed by atoms with E-state index in [2.05, 4.69) is 4.90 Å². The van der Waals surface area contributed by atoms with Gasteiger partial charge in [-0.1, -0.05) is 19.1 Å². The molecule has 0 bridgehead atoms. The molecule has 2 aliphatic rings. The third-order valence-electron chi connectivity index (χ3n) is 6.15. The molecular formula is C21H29NO8. The van der Waals surface area contributed by atoms with Crippen LogP contribution in [0.5, 0.6) is 5.75 Å². The summed E-state index contributed by atoms with van der Waals surface area (Å²) in [7, 11) is 2.01. The molecule has 9 heteroatoms. The van der Waals surface area contributed by atoms with Crippen molar-refractivity contribution in [3.05, 3.63) is 29.8 Å². The van der Waals surface area contributed by atoms with Crippen molar-refractivity contribution in [1.29, 1.82) is 0 Å². The minimum absolute atomic E-state index is 0.145. The maximum Gasteiger partial charge on any atom is 0.335 e. The number of carbonyl (C=O) groups excluding carboxylic acids is 1. The van der Waals surface area contributed by atoms with E-state index in [4.69, 9.17) is 9.47 Å². The molecule has 3 rings (SSSR count). The van der Waals surface area contributed by atoms with Crippen molar-refractivity contribution in [2.45, 2.75) is 62.3 Å². The van der Waals surface area contributed by atoms with Gasteiger partial charge in [0.05, 0.1) is 5.41 Å². The molecule has 2 saturated heterocycles. The number of carboxylic acid groups (broad SMARTS) is 1. The first-order valence-corrected chi connectivity index (χ1v) is 10.1. The van der Waals surface area contributed by atoms with Crippen LogP contribution in [0.4, 0.5) is 0 Å². The fraction of sp³-hybridized carbons (Fsp3) is 0.619. The van der Waals surface area contributed by atoms with Crippen LogP contribution < -0.4 is 4.74 Å². The zero-order valence-electron chi connectivity index (χ0n) is 17.1. The summed E-state index contributed by atoms with van der Waals surface area (Å²) in [5, 5.41) is 39.1. The first kappa shape index (κ1) is 22.6. The minimum Gasteiger partial charge on any atom is -0.479 e. The summed E-state index contributed by atoms with van der Waals surface area (Å²) in [4.78, 5) is 26.3. The summed E-state index contributed by atoms with van der Waals surface area (Å²) in [5.41, 5.74) is 0.159. The van der Waals surface area contributed by atoms with Gasteiger partial charge < -0.3 is 34.8 Å². The van der Waals surface area contributed by atoms with Gasteiger partial charge in [0.1, 0.15) is 29.8 Å². The van der Waals surface area contributed by atoms with Crippen molar-refractivity contribution in [2.24, 2.45) is 0 Å². The monoisotopic (exact) mass is 423 g/mol. The van der Waals surface area contributed by atoms with Gasteiger partial charge >= 0.3 is 5.97 Å². The standard InChI is InChI=1S/C21H29NO8/c1-3-14(23)21(7-9-22(2)10-8-21)12-5-4-6-13(11-12)29-20-17(26)15(24)16(25)18(30-20)19(27)28/h4-6,11,15-18,20,24-26H,3,7-10H2,1-2H3,(H,27,28)/t15-,16-,17+,18-,20+/m0/s1. The third kappa shape index (κ3) is 4.21. The highest BCUT2D eigenvalue weighted by Gasteiger charge is 2.48. The van der Waals surface area contributed by atoms with E-state index in [9.17, 15) is 30.0 Å². The minimum atomic E-state index is -1.78. The van der Waals surface area contributed by atoms with E-state index < -0.39 is 42.1 Å². The molecule has 2 aliphatic heterocycles. The number of benzene rings is 1. The van der Waals surface area contributed by atoms with Gasteiger partial charge in [-0.3, -0.25) is 4.79 Å². The third-order valence-corrected chi connectivity index (χ3v) is 6.15. The lowest BCUT2D eigenvalue weighted by molar-refractivity contribution is -0.271. The summed E-state index contributed by atoms with van der Waals surface area (Å²) >= 11 is 0. The number of rotatable bonds is 6. The second-order valence-electron chi connectivity index (χ2n) is 8.04. The van der Waals surface area contributed by atoms with Gasteiger partial charge in [-0.05, 0) is 50.7 Å². The van der Waals surface area contributed by atoms with Crippen LogP contribution in [-0.4, -0.2) is 87.9 Å². The highest BCUT2D eigenvalue weighted by atomic mass is 16.7. The van der Waals surface area contributed by atoms with Crippen LogP contribution in [0.25, 0.3) is 0 Å². The molecule has 1 aromatic carbocycles. The van der Waals surface area contributed by atoms with E-state index in [1.54, 1.807) is 18.2 Å². The molecule has 0 aliphatic carbocycles. The van der Waals surface area contributed by atoms with Crippen LogP contribution in [0.2, 0.25) is 0 Å². The Balaban J connectivity index is 1.86. The zero-order chi connectivity index (χ0) is 22.1. The van der Waals surface area contributed by atoms with E-state index >= 15 is 0 Å². The predicted octanol–water partition coefficient (Wildman–Crippen LogP) is -0.0999. The highest BCUT2D eigenvalue weighted by Crippen LogP contribution is 2.39. The molecule has 30 heavy (non-hydrogen) atoms. The molecule has 5 atom stereocenters. The molecule has 4 N–H and O–H groups in total. The Morgan fingerprint density at radius 1 is 1.17 bits per heavy atom. The Hall–Kier alpha value is -2.04. The average Bonchev–Trinajstić information content (AvgIpc) is 2.74. The molecule has 1 aromatic rings. The number of nitrogens with zero attached hydrogens (tertiary/aromatic N) is 1. The van der Waals surface area contributed by atoms with Gasteiger partial charge in [0.2, 0.25) is 6.29 Å². The number of Topliss-reactive ketones (excluding diaryl/α,β-unsaturated/α-hetero) is 1. The lowest BCUT2D eigenvalue weighted by atomic mass is 9.69. The number of aliphatic carboxylic acids is 1. The van der Waals surface area contributed by atoms with Crippen molar-refractivity contribution in [2.75, 3.05) is 20.1 Å².